The van der Waals surface area contributed by atoms with Crippen LogP contribution < -0.4 is 0 Å². The molecule has 1 saturated carbocycles. The van der Waals surface area contributed by atoms with Gasteiger partial charge in [0.2, 0.25) is 0 Å². The zero-order chi connectivity index (χ0) is 20.5. The zero-order valence-corrected chi connectivity index (χ0v) is 18.6. The van der Waals surface area contributed by atoms with E-state index in [0.717, 1.165) is 24.0 Å². The van der Waals surface area contributed by atoms with Crippen molar-refractivity contribution < 1.29 is 4.74 Å². The summed E-state index contributed by atoms with van der Waals surface area (Å²) in [6.07, 6.45) is 13.8. The van der Waals surface area contributed by atoms with Gasteiger partial charge in [0.05, 0.1) is 12.8 Å². The molecule has 2 heteroatoms. The molecule has 0 radical (unpaired) electrons. The number of nitrogens with zero attached hydrogens (tertiary/aromatic N) is 1. The number of para-hydroxylation sites is 1. The molecular weight excluding hydrogens is 354 g/mol. The number of rotatable bonds is 4. The molecular formula is C27H35NO. The first kappa shape index (κ1) is 20.2. The molecule has 1 aliphatic heterocycles. The van der Waals surface area contributed by atoms with E-state index in [1.807, 2.05) is 6.21 Å². The van der Waals surface area contributed by atoms with E-state index in [1.54, 1.807) is 12.7 Å². The standard InChI is InChI=1S/C27H35NO/c1-17-9-10-18(2)26(25-12-11-24(29-5)13-19(3)20(25)4)15-23(17)14-21-7-6-8-22-16-28-27(21)22/h6-8,11-13,16-18,20,23,26H,9-10,14-15H2,1-5H3/t17?,18-,20?,23?,26-/m0/s1. The summed E-state index contributed by atoms with van der Waals surface area (Å²) in [4.78, 5) is 4.56. The number of hydrogen-bond donors (Lipinski definition) is 0. The highest BCUT2D eigenvalue weighted by Crippen LogP contribution is 2.45. The quantitative estimate of drug-likeness (QED) is 0.514. The fraction of sp³-hybridized carbons (Fsp3) is 0.519. The molecule has 0 spiro atoms. The van der Waals surface area contributed by atoms with Crippen LogP contribution in [0, 0.1) is 29.6 Å². The molecule has 0 bridgehead atoms. The Bertz CT molecular complexity index is 888. The second-order valence-corrected chi connectivity index (χ2v) is 9.50. The minimum Gasteiger partial charge on any atom is -0.497 e. The summed E-state index contributed by atoms with van der Waals surface area (Å²) in [5.41, 5.74) is 6.99. The molecule has 1 fully saturated rings. The number of allylic oxidation sites excluding steroid dienone is 5. The highest BCUT2D eigenvalue weighted by molar-refractivity contribution is 5.97. The average Bonchev–Trinajstić information content (AvgIpc) is 2.91. The lowest BCUT2D eigenvalue weighted by Gasteiger charge is -2.32. The Labute approximate surface area is 176 Å². The van der Waals surface area contributed by atoms with Gasteiger partial charge in [0.25, 0.3) is 0 Å². The van der Waals surface area contributed by atoms with E-state index < -0.39 is 0 Å². The van der Waals surface area contributed by atoms with Crippen molar-refractivity contribution in [2.45, 2.75) is 53.4 Å². The summed E-state index contributed by atoms with van der Waals surface area (Å²) >= 11 is 0. The van der Waals surface area contributed by atoms with Gasteiger partial charge in [-0.15, -0.1) is 0 Å². The molecule has 1 aromatic rings. The molecule has 0 aromatic heterocycles. The van der Waals surface area contributed by atoms with Crippen molar-refractivity contribution in [3.8, 4) is 0 Å². The van der Waals surface area contributed by atoms with E-state index in [9.17, 15) is 0 Å². The minimum absolute atomic E-state index is 0.475. The number of methoxy groups -OCH3 is 1. The predicted molar refractivity (Wildman–Crippen MR) is 123 cm³/mol. The minimum atomic E-state index is 0.475. The summed E-state index contributed by atoms with van der Waals surface area (Å²) in [7, 11) is 1.77. The zero-order valence-electron chi connectivity index (χ0n) is 18.6. The molecule has 1 heterocycles. The van der Waals surface area contributed by atoms with Gasteiger partial charge in [0, 0.05) is 11.8 Å². The number of aliphatic imine (C=N–C) groups is 1. The predicted octanol–water partition coefficient (Wildman–Crippen LogP) is 7.03. The lowest BCUT2D eigenvalue weighted by atomic mass is 9.73. The fourth-order valence-electron chi connectivity index (χ4n) is 5.45. The first-order valence-corrected chi connectivity index (χ1v) is 11.3. The molecule has 5 atom stereocenters. The van der Waals surface area contributed by atoms with Crippen LogP contribution >= 0.6 is 0 Å². The first-order chi connectivity index (χ1) is 14.0. The molecule has 154 valence electrons. The Hall–Kier alpha value is -2.09. The molecule has 3 aliphatic rings. The summed E-state index contributed by atoms with van der Waals surface area (Å²) in [6, 6.07) is 6.67. The van der Waals surface area contributed by atoms with Crippen LogP contribution in [0.3, 0.4) is 0 Å². The van der Waals surface area contributed by atoms with Crippen molar-refractivity contribution in [3.05, 3.63) is 64.5 Å². The Morgan fingerprint density at radius 1 is 1.07 bits per heavy atom. The normalized spacial score (nSPS) is 31.5. The SMILES string of the molecule is COC1=CC=C([C@H]2CC(Cc3cccc4c3N=C4)C(C)CC[C@@H]2C)C(C)C(C)=C1. The molecule has 0 saturated heterocycles. The lowest BCUT2D eigenvalue weighted by Crippen LogP contribution is -2.22. The maximum Gasteiger partial charge on any atom is 0.118 e. The van der Waals surface area contributed by atoms with Crippen molar-refractivity contribution in [2.75, 3.05) is 7.11 Å². The summed E-state index contributed by atoms with van der Waals surface area (Å²) < 4.78 is 5.55. The van der Waals surface area contributed by atoms with E-state index >= 15 is 0 Å². The number of hydrogen-bond acceptors (Lipinski definition) is 2. The van der Waals surface area contributed by atoms with Crippen LogP contribution in [0.1, 0.15) is 58.1 Å². The van der Waals surface area contributed by atoms with Crippen LogP contribution in [0.5, 0.6) is 0 Å². The summed E-state index contributed by atoms with van der Waals surface area (Å²) in [5, 5.41) is 0. The van der Waals surface area contributed by atoms with Gasteiger partial charge >= 0.3 is 0 Å². The number of ether oxygens (including phenoxy) is 1. The third-order valence-corrected chi connectivity index (χ3v) is 7.75. The third-order valence-electron chi connectivity index (χ3n) is 7.75. The second-order valence-electron chi connectivity index (χ2n) is 9.50. The lowest BCUT2D eigenvalue weighted by molar-refractivity contribution is 0.298. The van der Waals surface area contributed by atoms with Crippen LogP contribution in [0.25, 0.3) is 0 Å². The van der Waals surface area contributed by atoms with Gasteiger partial charge in [-0.05, 0) is 73.5 Å². The largest absolute Gasteiger partial charge is 0.497 e. The highest BCUT2D eigenvalue weighted by atomic mass is 16.5. The van der Waals surface area contributed by atoms with E-state index in [0.29, 0.717) is 17.8 Å². The molecule has 29 heavy (non-hydrogen) atoms. The van der Waals surface area contributed by atoms with E-state index in [4.69, 9.17) is 4.74 Å². The van der Waals surface area contributed by atoms with E-state index in [2.05, 4.69) is 69.1 Å². The maximum absolute atomic E-state index is 5.55. The van der Waals surface area contributed by atoms with Crippen molar-refractivity contribution in [3.63, 3.8) is 0 Å². The molecule has 1 aromatic carbocycles. The Balaban J connectivity index is 1.61. The molecule has 2 aliphatic carbocycles. The average molecular weight is 390 g/mol. The van der Waals surface area contributed by atoms with Gasteiger partial charge in [0.1, 0.15) is 5.76 Å². The van der Waals surface area contributed by atoms with Gasteiger partial charge in [-0.3, -0.25) is 4.99 Å². The Morgan fingerprint density at radius 2 is 1.86 bits per heavy atom. The highest BCUT2D eigenvalue weighted by Gasteiger charge is 2.34. The van der Waals surface area contributed by atoms with Crippen LogP contribution in [-0.4, -0.2) is 13.3 Å². The molecule has 3 unspecified atom stereocenters. The summed E-state index contributed by atoms with van der Waals surface area (Å²) in [6.45, 7) is 9.56. The topological polar surface area (TPSA) is 21.6 Å². The number of benzene rings is 1. The van der Waals surface area contributed by atoms with Gasteiger partial charge < -0.3 is 4.74 Å². The maximum atomic E-state index is 5.55. The molecule has 4 rings (SSSR count). The Morgan fingerprint density at radius 3 is 2.59 bits per heavy atom. The van der Waals surface area contributed by atoms with Crippen molar-refractivity contribution >= 4 is 11.9 Å². The van der Waals surface area contributed by atoms with Gasteiger partial charge in [-0.25, -0.2) is 0 Å². The van der Waals surface area contributed by atoms with Crippen LogP contribution in [0.15, 0.2) is 58.3 Å². The Kier molecular flexibility index (Phi) is 5.81. The van der Waals surface area contributed by atoms with Crippen LogP contribution in [0.4, 0.5) is 5.69 Å². The van der Waals surface area contributed by atoms with Crippen LogP contribution in [-0.2, 0) is 11.2 Å². The van der Waals surface area contributed by atoms with Gasteiger partial charge in [-0.2, -0.15) is 0 Å². The van der Waals surface area contributed by atoms with Gasteiger partial charge in [0.15, 0.2) is 0 Å². The van der Waals surface area contributed by atoms with Crippen molar-refractivity contribution in [1.29, 1.82) is 0 Å². The smallest absolute Gasteiger partial charge is 0.118 e. The van der Waals surface area contributed by atoms with E-state index in [1.165, 1.54) is 41.6 Å². The molecule has 2 nitrogen and oxygen atoms in total. The molecule has 0 N–H and O–H groups in total. The monoisotopic (exact) mass is 389 g/mol. The van der Waals surface area contributed by atoms with E-state index in [-0.39, 0.29) is 0 Å². The third kappa shape index (κ3) is 3.99. The van der Waals surface area contributed by atoms with Crippen molar-refractivity contribution in [2.24, 2.45) is 34.6 Å². The number of fused-ring (bicyclic) bond motifs is 1. The summed E-state index contributed by atoms with van der Waals surface area (Å²) in [5.74, 6) is 4.26. The second kappa shape index (κ2) is 8.34. The van der Waals surface area contributed by atoms with Crippen molar-refractivity contribution in [1.82, 2.24) is 0 Å². The first-order valence-electron chi connectivity index (χ1n) is 11.3. The molecule has 0 amide bonds. The van der Waals surface area contributed by atoms with Crippen LogP contribution in [0.2, 0.25) is 0 Å². The fourth-order valence-corrected chi connectivity index (χ4v) is 5.45. The van der Waals surface area contributed by atoms with Gasteiger partial charge in [-0.1, -0.05) is 62.6 Å².